The second-order valence-corrected chi connectivity index (χ2v) is 15.3. The number of nitrogens with zero attached hydrogens (tertiary/aromatic N) is 3. The lowest BCUT2D eigenvalue weighted by atomic mass is 9.81. The first kappa shape index (κ1) is 34.3. The van der Waals surface area contributed by atoms with E-state index >= 15 is 0 Å². The van der Waals surface area contributed by atoms with Gasteiger partial charge in [-0.2, -0.15) is 0 Å². The van der Waals surface area contributed by atoms with Crippen molar-refractivity contribution in [3.8, 4) is 21.8 Å². The number of aromatic nitrogens is 3. The molecule has 3 heterocycles. The minimum atomic E-state index is -3.95. The molecule has 2 amide bonds. The maximum atomic E-state index is 13.4. The third kappa shape index (κ3) is 7.38. The largest absolute Gasteiger partial charge is 0.354 e. The number of hydrogen-bond donors (Lipinski definition) is 2. The number of sulfonamides is 1. The van der Waals surface area contributed by atoms with Gasteiger partial charge in [-0.1, -0.05) is 49.6 Å². The Kier molecular flexibility index (Phi) is 10.1. The molecule has 3 aromatic heterocycles. The average Bonchev–Trinajstić information content (AvgIpc) is 3.59. The maximum absolute atomic E-state index is 13.4. The Morgan fingerprint density at radius 3 is 2.55 bits per heavy atom. The molecule has 1 aliphatic carbocycles. The number of nitrogens with one attached hydrogen (secondary N) is 2. The number of aryl methyl sites for hydroxylation is 2. The van der Waals surface area contributed by atoms with Gasteiger partial charge in [-0.25, -0.2) is 23.1 Å². The van der Waals surface area contributed by atoms with E-state index in [4.69, 9.17) is 4.98 Å². The summed E-state index contributed by atoms with van der Waals surface area (Å²) in [7, 11) is -3.95. The van der Waals surface area contributed by atoms with E-state index in [1.807, 2.05) is 36.6 Å². The first-order valence-electron chi connectivity index (χ1n) is 16.7. The van der Waals surface area contributed by atoms with E-state index in [1.165, 1.54) is 12.5 Å². The van der Waals surface area contributed by atoms with Crippen LogP contribution in [0, 0.1) is 13.8 Å². The van der Waals surface area contributed by atoms with Gasteiger partial charge in [0, 0.05) is 28.3 Å². The molecule has 0 aliphatic heterocycles. The Labute approximate surface area is 291 Å². The highest BCUT2D eigenvalue weighted by Gasteiger charge is 2.28. The number of carbonyl (C=O) groups is 2. The second-order valence-electron chi connectivity index (χ2n) is 12.5. The number of carbonyl (C=O) groups excluding carboxylic acids is 2. The zero-order valence-corrected chi connectivity index (χ0v) is 29.7. The molecule has 2 aromatic carbocycles. The van der Waals surface area contributed by atoms with Crippen LogP contribution in [0.25, 0.3) is 43.6 Å². The van der Waals surface area contributed by atoms with E-state index < -0.39 is 15.9 Å². The van der Waals surface area contributed by atoms with E-state index in [9.17, 15) is 18.0 Å². The summed E-state index contributed by atoms with van der Waals surface area (Å²) in [6.45, 7) is 9.82. The SMILES string of the molecule is C=CCCNC(=O)Cn1c(-c2ccc3nc(-c4sc(C)nc4C)ccc3c2)c(C2CCCCC2)c2ccc(C(=O)NS(=O)(=O)/C=C/C)cc21. The first-order valence-corrected chi connectivity index (χ1v) is 19.0. The molecular weight excluding hydrogens is 655 g/mol. The molecule has 49 heavy (non-hydrogen) atoms. The quantitative estimate of drug-likeness (QED) is 0.107. The number of pyridine rings is 1. The van der Waals surface area contributed by atoms with E-state index in [2.05, 4.69) is 39.8 Å². The lowest BCUT2D eigenvalue weighted by Crippen LogP contribution is -2.29. The predicted molar refractivity (Wildman–Crippen MR) is 198 cm³/mol. The van der Waals surface area contributed by atoms with E-state index in [0.29, 0.717) is 18.5 Å². The van der Waals surface area contributed by atoms with E-state index in [-0.39, 0.29) is 23.9 Å². The van der Waals surface area contributed by atoms with E-state index in [0.717, 1.165) is 85.5 Å². The van der Waals surface area contributed by atoms with Crippen molar-refractivity contribution in [2.24, 2.45) is 0 Å². The Morgan fingerprint density at radius 2 is 1.84 bits per heavy atom. The summed E-state index contributed by atoms with van der Waals surface area (Å²) in [5.74, 6) is -0.634. The maximum Gasteiger partial charge on any atom is 0.265 e. The molecule has 0 spiro atoms. The third-order valence-corrected chi connectivity index (χ3v) is 11.2. The van der Waals surface area contributed by atoms with Gasteiger partial charge in [0.05, 0.1) is 38.0 Å². The Hall–Kier alpha value is -4.61. The highest BCUT2D eigenvalue weighted by molar-refractivity contribution is 7.92. The standard InChI is InChI=1S/C38H41N5O4S2/c1-5-7-19-39-34(44)23-43-33-22-29(38(45)42-49(46,47)20-6-2)13-16-30(33)35(26-11-9-8-10-12-26)36(43)28-15-17-31-27(21-28)14-18-32(41-31)37-24(3)40-25(4)48-37/h5-6,13-18,20-22,26H,1,7-12,19,23H2,2-4H3,(H,39,44)(H,42,45)/b20-6+. The monoisotopic (exact) mass is 695 g/mol. The van der Waals surface area contributed by atoms with Crippen LogP contribution in [-0.4, -0.2) is 41.3 Å². The number of fused-ring (bicyclic) bond motifs is 2. The predicted octanol–water partition coefficient (Wildman–Crippen LogP) is 7.93. The van der Waals surface area contributed by atoms with Crippen molar-refractivity contribution in [1.82, 2.24) is 24.6 Å². The molecule has 9 nitrogen and oxygen atoms in total. The number of allylic oxidation sites excluding steroid dienone is 1. The molecular formula is C38H41N5O4S2. The third-order valence-electron chi connectivity index (χ3n) is 9.00. The van der Waals surface area contributed by atoms with Crippen molar-refractivity contribution < 1.29 is 18.0 Å². The fourth-order valence-corrected chi connectivity index (χ4v) is 8.57. The Balaban J connectivity index is 1.53. The molecule has 0 radical (unpaired) electrons. The van der Waals surface area contributed by atoms with Gasteiger partial charge in [0.2, 0.25) is 5.91 Å². The molecule has 5 aromatic rings. The van der Waals surface area contributed by atoms with Crippen molar-refractivity contribution in [3.63, 3.8) is 0 Å². The molecule has 0 unspecified atom stereocenters. The molecule has 0 bridgehead atoms. The Morgan fingerprint density at radius 1 is 1.04 bits per heavy atom. The highest BCUT2D eigenvalue weighted by Crippen LogP contribution is 2.45. The van der Waals surface area contributed by atoms with Crippen LogP contribution < -0.4 is 10.0 Å². The van der Waals surface area contributed by atoms with Crippen LogP contribution in [-0.2, 0) is 21.4 Å². The minimum absolute atomic E-state index is 0.0247. The van der Waals surface area contributed by atoms with Crippen molar-refractivity contribution in [2.75, 3.05) is 6.54 Å². The van der Waals surface area contributed by atoms with Gasteiger partial charge in [0.1, 0.15) is 6.54 Å². The van der Waals surface area contributed by atoms with Crippen LogP contribution in [0.15, 0.2) is 72.7 Å². The van der Waals surface area contributed by atoms with E-state index in [1.54, 1.807) is 36.5 Å². The summed E-state index contributed by atoms with van der Waals surface area (Å²) in [6, 6.07) is 15.6. The summed E-state index contributed by atoms with van der Waals surface area (Å²) in [5.41, 5.74) is 6.64. The lowest BCUT2D eigenvalue weighted by Gasteiger charge is -2.24. The van der Waals surface area contributed by atoms with Gasteiger partial charge in [-0.3, -0.25) is 9.59 Å². The molecule has 2 N–H and O–H groups in total. The van der Waals surface area contributed by atoms with Crippen LogP contribution in [0.3, 0.4) is 0 Å². The van der Waals surface area contributed by atoms with Crippen LogP contribution >= 0.6 is 11.3 Å². The van der Waals surface area contributed by atoms with Gasteiger partial charge >= 0.3 is 0 Å². The molecule has 1 saturated carbocycles. The average molecular weight is 696 g/mol. The summed E-state index contributed by atoms with van der Waals surface area (Å²) >= 11 is 1.63. The van der Waals surface area contributed by atoms with Gasteiger partial charge < -0.3 is 9.88 Å². The lowest BCUT2D eigenvalue weighted by molar-refractivity contribution is -0.121. The number of benzene rings is 2. The van der Waals surface area contributed by atoms with Crippen LogP contribution in [0.4, 0.5) is 0 Å². The van der Waals surface area contributed by atoms with Gasteiger partial charge in [-0.15, -0.1) is 17.9 Å². The molecule has 1 aliphatic rings. The van der Waals surface area contributed by atoms with Gasteiger partial charge in [0.25, 0.3) is 15.9 Å². The highest BCUT2D eigenvalue weighted by atomic mass is 32.2. The van der Waals surface area contributed by atoms with Gasteiger partial charge in [-0.05, 0) is 87.4 Å². The number of hydrogen-bond acceptors (Lipinski definition) is 7. The van der Waals surface area contributed by atoms with Crippen LogP contribution in [0.1, 0.15) is 78.0 Å². The topological polar surface area (TPSA) is 123 Å². The van der Waals surface area contributed by atoms with Crippen molar-refractivity contribution in [3.05, 3.63) is 94.5 Å². The van der Waals surface area contributed by atoms with Crippen LogP contribution in [0.5, 0.6) is 0 Å². The molecule has 254 valence electrons. The van der Waals surface area contributed by atoms with Crippen molar-refractivity contribution in [2.45, 2.75) is 71.8 Å². The zero-order chi connectivity index (χ0) is 34.7. The summed E-state index contributed by atoms with van der Waals surface area (Å²) < 4.78 is 28.9. The fourth-order valence-electron chi connectivity index (χ4n) is 6.88. The molecule has 0 saturated heterocycles. The second kappa shape index (κ2) is 14.5. The molecule has 11 heteroatoms. The van der Waals surface area contributed by atoms with Crippen molar-refractivity contribution >= 4 is 55.0 Å². The molecule has 0 atom stereocenters. The number of amides is 2. The smallest absolute Gasteiger partial charge is 0.265 e. The molecule has 6 rings (SSSR count). The normalized spacial score (nSPS) is 14.1. The number of rotatable bonds is 11. The van der Waals surface area contributed by atoms with Crippen LogP contribution in [0.2, 0.25) is 0 Å². The summed E-state index contributed by atoms with van der Waals surface area (Å²) in [6.07, 6.45) is 9.22. The van der Waals surface area contributed by atoms with Crippen molar-refractivity contribution in [1.29, 1.82) is 0 Å². The fraction of sp³-hybridized carbons (Fsp3) is 0.316. The number of thiazole rings is 1. The summed E-state index contributed by atoms with van der Waals surface area (Å²) in [5, 5.41) is 6.87. The van der Waals surface area contributed by atoms with Gasteiger partial charge in [0.15, 0.2) is 0 Å². The Bertz CT molecular complexity index is 2210. The minimum Gasteiger partial charge on any atom is -0.354 e. The zero-order valence-electron chi connectivity index (χ0n) is 28.1. The first-order chi connectivity index (χ1) is 23.6. The molecule has 1 fully saturated rings. The summed E-state index contributed by atoms with van der Waals surface area (Å²) in [4.78, 5) is 37.3.